The number of hydrogen-bond donors (Lipinski definition) is 1. The highest BCUT2D eigenvalue weighted by atomic mass is 32.1. The van der Waals surface area contributed by atoms with Crippen LogP contribution in [0.5, 0.6) is 0 Å². The minimum Gasteiger partial charge on any atom is -0.468 e. The zero-order chi connectivity index (χ0) is 15.9. The van der Waals surface area contributed by atoms with Crippen LogP contribution in [0.1, 0.15) is 10.6 Å². The highest BCUT2D eigenvalue weighted by Crippen LogP contribution is 2.11. The quantitative estimate of drug-likeness (QED) is 0.799. The van der Waals surface area contributed by atoms with E-state index in [0.29, 0.717) is 19.8 Å². The first-order chi connectivity index (χ1) is 11.3. The molecule has 1 aliphatic heterocycles. The molecule has 23 heavy (non-hydrogen) atoms. The van der Waals surface area contributed by atoms with Crippen LogP contribution in [0, 0.1) is 0 Å². The molecular formula is C17H24N2O3S. The maximum absolute atomic E-state index is 10.1. The molecule has 2 aromatic heterocycles. The zero-order valence-electron chi connectivity index (χ0n) is 13.3. The third kappa shape index (κ3) is 5.44. The molecule has 6 heteroatoms. The molecule has 0 saturated carbocycles. The summed E-state index contributed by atoms with van der Waals surface area (Å²) in [5.74, 6) is 1.01. The van der Waals surface area contributed by atoms with Gasteiger partial charge in [0.2, 0.25) is 0 Å². The summed E-state index contributed by atoms with van der Waals surface area (Å²) in [6.45, 7) is 6.49. The first kappa shape index (κ1) is 16.7. The number of furan rings is 1. The van der Waals surface area contributed by atoms with Gasteiger partial charge < -0.3 is 14.3 Å². The van der Waals surface area contributed by atoms with Crippen LogP contribution < -0.4 is 0 Å². The van der Waals surface area contributed by atoms with E-state index >= 15 is 0 Å². The van der Waals surface area contributed by atoms with E-state index in [1.807, 2.05) is 23.6 Å². The molecule has 1 aliphatic rings. The number of ether oxygens (including phenoxy) is 1. The SMILES string of the molecule is OC(COCc1cccs1)CN1CCN(Cc2ccco2)CC1. The molecule has 3 rings (SSSR count). The number of aliphatic hydroxyl groups excluding tert-OH is 1. The van der Waals surface area contributed by atoms with Crippen LogP contribution in [0.3, 0.4) is 0 Å². The normalized spacial score (nSPS) is 18.3. The van der Waals surface area contributed by atoms with Gasteiger partial charge in [-0.25, -0.2) is 0 Å². The monoisotopic (exact) mass is 336 g/mol. The van der Waals surface area contributed by atoms with Crippen LogP contribution in [0.15, 0.2) is 40.3 Å². The molecule has 3 heterocycles. The van der Waals surface area contributed by atoms with E-state index in [4.69, 9.17) is 9.15 Å². The predicted octanol–water partition coefficient (Wildman–Crippen LogP) is 2.04. The van der Waals surface area contributed by atoms with Gasteiger partial charge in [0.05, 0.1) is 32.1 Å². The Bertz CT molecular complexity index is 536. The van der Waals surface area contributed by atoms with Crippen molar-refractivity contribution in [2.24, 2.45) is 0 Å². The number of thiophene rings is 1. The molecule has 5 nitrogen and oxygen atoms in total. The van der Waals surface area contributed by atoms with E-state index < -0.39 is 6.10 Å². The van der Waals surface area contributed by atoms with Gasteiger partial charge in [-0.15, -0.1) is 11.3 Å². The average Bonchev–Trinajstić information content (AvgIpc) is 3.23. The maximum Gasteiger partial charge on any atom is 0.117 e. The molecule has 1 N–H and O–H groups in total. The van der Waals surface area contributed by atoms with Gasteiger partial charge in [-0.3, -0.25) is 9.80 Å². The lowest BCUT2D eigenvalue weighted by molar-refractivity contribution is 0.00112. The van der Waals surface area contributed by atoms with Gasteiger partial charge in [0.15, 0.2) is 0 Å². The van der Waals surface area contributed by atoms with Crippen molar-refractivity contribution in [3.05, 3.63) is 46.5 Å². The van der Waals surface area contributed by atoms with Crippen molar-refractivity contribution in [1.82, 2.24) is 9.80 Å². The summed E-state index contributed by atoms with van der Waals surface area (Å²) in [4.78, 5) is 5.89. The van der Waals surface area contributed by atoms with Gasteiger partial charge in [-0.2, -0.15) is 0 Å². The van der Waals surface area contributed by atoms with Crippen molar-refractivity contribution in [1.29, 1.82) is 0 Å². The number of rotatable bonds is 8. The zero-order valence-corrected chi connectivity index (χ0v) is 14.1. The van der Waals surface area contributed by atoms with Crippen LogP contribution in [0.25, 0.3) is 0 Å². The first-order valence-electron chi connectivity index (χ1n) is 8.05. The lowest BCUT2D eigenvalue weighted by Gasteiger charge is -2.35. The van der Waals surface area contributed by atoms with Gasteiger partial charge >= 0.3 is 0 Å². The fraction of sp³-hybridized carbons (Fsp3) is 0.529. The second kappa shape index (κ2) is 8.61. The number of hydrogen-bond acceptors (Lipinski definition) is 6. The molecule has 0 radical (unpaired) electrons. The Hall–Kier alpha value is -1.18. The number of nitrogens with zero attached hydrogens (tertiary/aromatic N) is 2. The summed E-state index contributed by atoms with van der Waals surface area (Å²) in [6.07, 6.45) is 1.30. The average molecular weight is 336 g/mol. The van der Waals surface area contributed by atoms with E-state index in [2.05, 4.69) is 15.9 Å². The van der Waals surface area contributed by atoms with Crippen molar-refractivity contribution >= 4 is 11.3 Å². The van der Waals surface area contributed by atoms with Crippen molar-refractivity contribution in [3.63, 3.8) is 0 Å². The van der Waals surface area contributed by atoms with Crippen LogP contribution >= 0.6 is 11.3 Å². The van der Waals surface area contributed by atoms with Crippen LogP contribution in [-0.2, 0) is 17.9 Å². The lowest BCUT2D eigenvalue weighted by Crippen LogP contribution is -2.48. The minimum absolute atomic E-state index is 0.393. The standard InChI is InChI=1S/C17H24N2O3S/c20-15(13-21-14-17-4-2-10-23-17)11-18-5-7-19(8-6-18)12-16-3-1-9-22-16/h1-4,9-10,15,20H,5-8,11-14H2. The molecule has 0 spiro atoms. The van der Waals surface area contributed by atoms with Crippen molar-refractivity contribution in [2.75, 3.05) is 39.3 Å². The van der Waals surface area contributed by atoms with Gasteiger partial charge in [-0.1, -0.05) is 6.07 Å². The Morgan fingerprint density at radius 2 is 2.00 bits per heavy atom. The first-order valence-corrected chi connectivity index (χ1v) is 8.93. The third-order valence-corrected chi connectivity index (χ3v) is 4.88. The van der Waals surface area contributed by atoms with Gasteiger partial charge in [0.25, 0.3) is 0 Å². The predicted molar refractivity (Wildman–Crippen MR) is 90.4 cm³/mol. The molecule has 1 fully saturated rings. The molecular weight excluding hydrogens is 312 g/mol. The molecule has 0 amide bonds. The summed E-state index contributed by atoms with van der Waals surface area (Å²) >= 11 is 1.68. The van der Waals surface area contributed by atoms with Crippen molar-refractivity contribution in [3.8, 4) is 0 Å². The van der Waals surface area contributed by atoms with Gasteiger partial charge in [-0.05, 0) is 23.6 Å². The molecule has 2 aromatic rings. The van der Waals surface area contributed by atoms with E-state index in [0.717, 1.165) is 38.5 Å². The second-order valence-corrected chi connectivity index (χ2v) is 6.94. The minimum atomic E-state index is -0.424. The molecule has 1 saturated heterocycles. The fourth-order valence-corrected chi connectivity index (χ4v) is 3.43. The molecule has 0 aromatic carbocycles. The highest BCUT2D eigenvalue weighted by molar-refractivity contribution is 7.09. The Morgan fingerprint density at radius 3 is 2.70 bits per heavy atom. The number of piperazine rings is 1. The molecule has 0 aliphatic carbocycles. The lowest BCUT2D eigenvalue weighted by atomic mass is 10.2. The smallest absolute Gasteiger partial charge is 0.117 e. The van der Waals surface area contributed by atoms with Crippen LogP contribution in [0.4, 0.5) is 0 Å². The van der Waals surface area contributed by atoms with Gasteiger partial charge in [0, 0.05) is 37.6 Å². The number of aliphatic hydroxyl groups is 1. The Kier molecular flexibility index (Phi) is 6.24. The van der Waals surface area contributed by atoms with E-state index in [1.54, 1.807) is 17.6 Å². The summed E-state index contributed by atoms with van der Waals surface area (Å²) in [5.41, 5.74) is 0. The Morgan fingerprint density at radius 1 is 1.17 bits per heavy atom. The van der Waals surface area contributed by atoms with Crippen LogP contribution in [0.2, 0.25) is 0 Å². The fourth-order valence-electron chi connectivity index (χ4n) is 2.79. The molecule has 1 atom stereocenters. The topological polar surface area (TPSA) is 49.1 Å². The summed E-state index contributed by atoms with van der Waals surface area (Å²) in [6, 6.07) is 8.01. The maximum atomic E-state index is 10.1. The Labute approximate surface area is 141 Å². The van der Waals surface area contributed by atoms with E-state index in [9.17, 15) is 5.11 Å². The summed E-state index contributed by atoms with van der Waals surface area (Å²) < 4.78 is 11.0. The van der Waals surface area contributed by atoms with Gasteiger partial charge in [0.1, 0.15) is 5.76 Å². The molecule has 126 valence electrons. The molecule has 1 unspecified atom stereocenters. The van der Waals surface area contributed by atoms with Crippen LogP contribution in [-0.4, -0.2) is 60.3 Å². The third-order valence-electron chi connectivity index (χ3n) is 4.03. The number of β-amino-alcohol motifs (C(OH)–C–C–N with tert-alkyl or cyclic N) is 1. The highest BCUT2D eigenvalue weighted by Gasteiger charge is 2.19. The van der Waals surface area contributed by atoms with Crippen molar-refractivity contribution in [2.45, 2.75) is 19.3 Å². The van der Waals surface area contributed by atoms with E-state index in [-0.39, 0.29) is 0 Å². The van der Waals surface area contributed by atoms with Crippen molar-refractivity contribution < 1.29 is 14.3 Å². The largest absolute Gasteiger partial charge is 0.468 e. The molecule has 0 bridgehead atoms. The second-order valence-electron chi connectivity index (χ2n) is 5.90. The summed E-state index contributed by atoms with van der Waals surface area (Å²) in [5, 5.41) is 12.2. The Balaban J connectivity index is 1.30. The summed E-state index contributed by atoms with van der Waals surface area (Å²) in [7, 11) is 0. The van der Waals surface area contributed by atoms with E-state index in [1.165, 1.54) is 4.88 Å².